The Kier molecular flexibility index (Phi) is 3.30. The molecule has 0 fully saturated rings. The smallest absolute Gasteiger partial charge is 0.187 e. The summed E-state index contributed by atoms with van der Waals surface area (Å²) in [5, 5.41) is 1.06. The Labute approximate surface area is 87.7 Å². The van der Waals surface area contributed by atoms with Crippen molar-refractivity contribution in [2.24, 2.45) is 0 Å². The van der Waals surface area contributed by atoms with Crippen LogP contribution in [0.2, 0.25) is 0 Å². The van der Waals surface area contributed by atoms with Crippen molar-refractivity contribution in [3.8, 4) is 5.75 Å². The molecule has 1 aromatic heterocycles. The van der Waals surface area contributed by atoms with Crippen molar-refractivity contribution in [1.29, 1.82) is 0 Å². The maximum atomic E-state index is 5.19. The number of ether oxygens (including phenoxy) is 1. The molecule has 2 rings (SSSR count). The third-order valence-electron chi connectivity index (χ3n) is 1.83. The molecule has 0 spiro atoms. The lowest BCUT2D eigenvalue weighted by Gasteiger charge is -2.02. The van der Waals surface area contributed by atoms with E-state index in [2.05, 4.69) is 4.98 Å². The van der Waals surface area contributed by atoms with Crippen LogP contribution in [0.25, 0.3) is 10.9 Å². The van der Waals surface area contributed by atoms with Gasteiger partial charge in [-0.1, -0.05) is 6.07 Å². The molecule has 0 bridgehead atoms. The zero-order valence-electron chi connectivity index (χ0n) is 6.82. The van der Waals surface area contributed by atoms with Gasteiger partial charge in [0, 0.05) is 11.6 Å². The van der Waals surface area contributed by atoms with Crippen molar-refractivity contribution in [1.82, 2.24) is 4.98 Å². The molecule has 0 unspecified atom stereocenters. The minimum atomic E-state index is 0. The van der Waals surface area contributed by atoms with Gasteiger partial charge in [0.15, 0.2) is 17.4 Å². The maximum Gasteiger partial charge on any atom is 0.187 e. The van der Waals surface area contributed by atoms with E-state index < -0.39 is 0 Å². The lowest BCUT2D eigenvalue weighted by molar-refractivity contribution is 0.420. The van der Waals surface area contributed by atoms with E-state index >= 15 is 0 Å². The van der Waals surface area contributed by atoms with Crippen LogP contribution >= 0.6 is 0 Å². The van der Waals surface area contributed by atoms with Crippen LogP contribution in [-0.4, -0.2) is 29.5 Å². The summed E-state index contributed by atoms with van der Waals surface area (Å²) >= 11 is 0. The van der Waals surface area contributed by atoms with E-state index in [9.17, 15) is 0 Å². The molecule has 0 N–H and O–H groups in total. The average molecular weight is 189 g/mol. The van der Waals surface area contributed by atoms with Gasteiger partial charge in [0.05, 0.1) is 12.6 Å². The van der Waals surface area contributed by atoms with E-state index in [-0.39, 0.29) is 17.4 Å². The number of rotatable bonds is 1. The quantitative estimate of drug-likeness (QED) is 0.626. The topological polar surface area (TPSA) is 22.1 Å². The van der Waals surface area contributed by atoms with Gasteiger partial charge in [-0.25, -0.2) is 0 Å². The number of benzene rings is 1. The number of hydrogen-bond donors (Lipinski definition) is 0. The monoisotopic (exact) mass is 189 g/mol. The molecule has 0 radical (unpaired) electrons. The van der Waals surface area contributed by atoms with Gasteiger partial charge in [0.25, 0.3) is 0 Å². The molecule has 0 atom stereocenters. The molecular weight excluding hydrogens is 177 g/mol. The van der Waals surface area contributed by atoms with Crippen LogP contribution in [0.4, 0.5) is 0 Å². The van der Waals surface area contributed by atoms with Crippen LogP contribution in [0.15, 0.2) is 36.5 Å². The number of pyridine rings is 1. The Hall–Kier alpha value is -1.04. The third-order valence-corrected chi connectivity index (χ3v) is 1.83. The highest BCUT2D eigenvalue weighted by molar-refractivity contribution is 5.84. The van der Waals surface area contributed by atoms with Crippen molar-refractivity contribution in [3.63, 3.8) is 0 Å². The highest BCUT2D eigenvalue weighted by Gasteiger charge is 1.98. The van der Waals surface area contributed by atoms with Gasteiger partial charge in [0.2, 0.25) is 0 Å². The van der Waals surface area contributed by atoms with Gasteiger partial charge in [-0.3, -0.25) is 4.98 Å². The van der Waals surface area contributed by atoms with Crippen LogP contribution < -0.4 is 4.74 Å². The molecule has 0 aliphatic carbocycles. The third kappa shape index (κ3) is 1.83. The fourth-order valence-corrected chi connectivity index (χ4v) is 1.25. The van der Waals surface area contributed by atoms with Crippen molar-refractivity contribution in [2.45, 2.75) is 0 Å². The molecule has 0 saturated carbocycles. The standard InChI is InChI=1S/C10H9NO.Al.3H/c1-12-10-6-2-5-9-8(10)4-3-7-11-9;;;;/h2-7H,1H3;;;;. The van der Waals surface area contributed by atoms with Gasteiger partial charge in [-0.15, -0.1) is 0 Å². The van der Waals surface area contributed by atoms with Crippen molar-refractivity contribution in [3.05, 3.63) is 36.5 Å². The molecule has 0 aliphatic rings. The summed E-state index contributed by atoms with van der Waals surface area (Å²) in [4.78, 5) is 4.21. The first-order chi connectivity index (χ1) is 5.92. The molecule has 0 amide bonds. The van der Waals surface area contributed by atoms with Gasteiger partial charge >= 0.3 is 0 Å². The largest absolute Gasteiger partial charge is 0.496 e. The average Bonchev–Trinajstić information content (AvgIpc) is 2.17. The number of fused-ring (bicyclic) bond motifs is 1. The minimum Gasteiger partial charge on any atom is -0.496 e. The molecule has 13 heavy (non-hydrogen) atoms. The number of nitrogens with zero attached hydrogens (tertiary/aromatic N) is 1. The van der Waals surface area contributed by atoms with Crippen molar-refractivity contribution >= 4 is 28.3 Å². The maximum absolute atomic E-state index is 5.19. The van der Waals surface area contributed by atoms with E-state index in [0.29, 0.717) is 0 Å². The van der Waals surface area contributed by atoms with Crippen molar-refractivity contribution < 1.29 is 4.74 Å². The first-order valence-electron chi connectivity index (χ1n) is 3.79. The normalized spacial score (nSPS) is 9.31. The predicted octanol–water partition coefficient (Wildman–Crippen LogP) is 1.06. The molecule has 2 nitrogen and oxygen atoms in total. The minimum absolute atomic E-state index is 0. The summed E-state index contributed by atoms with van der Waals surface area (Å²) in [6.45, 7) is 0. The van der Waals surface area contributed by atoms with Gasteiger partial charge in [-0.2, -0.15) is 0 Å². The molecule has 1 aromatic carbocycles. The Morgan fingerprint density at radius 3 is 2.77 bits per heavy atom. The Morgan fingerprint density at radius 1 is 1.15 bits per heavy atom. The van der Waals surface area contributed by atoms with Crippen LogP contribution in [-0.2, 0) is 0 Å². The summed E-state index contributed by atoms with van der Waals surface area (Å²) in [5.74, 6) is 0.876. The lowest BCUT2D eigenvalue weighted by Crippen LogP contribution is -1.85. The Bertz CT molecular complexity index is 398. The zero-order valence-corrected chi connectivity index (χ0v) is 6.82. The van der Waals surface area contributed by atoms with Gasteiger partial charge in [-0.05, 0) is 24.3 Å². The summed E-state index contributed by atoms with van der Waals surface area (Å²) in [7, 11) is 1.67. The highest BCUT2D eigenvalue weighted by Crippen LogP contribution is 2.22. The van der Waals surface area contributed by atoms with Crippen LogP contribution in [0.5, 0.6) is 5.75 Å². The van der Waals surface area contributed by atoms with Crippen LogP contribution in [0.3, 0.4) is 0 Å². The molecule has 2 aromatic rings. The second-order valence-electron chi connectivity index (χ2n) is 2.53. The summed E-state index contributed by atoms with van der Waals surface area (Å²) in [5.41, 5.74) is 0.969. The van der Waals surface area contributed by atoms with E-state index in [1.54, 1.807) is 13.3 Å². The first-order valence-corrected chi connectivity index (χ1v) is 3.79. The van der Waals surface area contributed by atoms with Crippen LogP contribution in [0.1, 0.15) is 0 Å². The van der Waals surface area contributed by atoms with Crippen LogP contribution in [0, 0.1) is 0 Å². The van der Waals surface area contributed by atoms with E-state index in [4.69, 9.17) is 4.74 Å². The Morgan fingerprint density at radius 2 is 2.00 bits per heavy atom. The number of methoxy groups -OCH3 is 1. The van der Waals surface area contributed by atoms with E-state index in [1.165, 1.54) is 0 Å². The summed E-state index contributed by atoms with van der Waals surface area (Å²) in [6.07, 6.45) is 1.78. The predicted molar refractivity (Wildman–Crippen MR) is 58.2 cm³/mol. The van der Waals surface area contributed by atoms with E-state index in [0.717, 1.165) is 16.7 Å². The summed E-state index contributed by atoms with van der Waals surface area (Å²) < 4.78 is 5.19. The molecular formula is C10H12AlNO. The molecule has 0 saturated heterocycles. The lowest BCUT2D eigenvalue weighted by atomic mass is 10.2. The van der Waals surface area contributed by atoms with E-state index in [1.807, 2.05) is 30.3 Å². The second kappa shape index (κ2) is 4.27. The number of hydrogen-bond acceptors (Lipinski definition) is 2. The molecule has 1 heterocycles. The van der Waals surface area contributed by atoms with Gasteiger partial charge in [0.1, 0.15) is 5.75 Å². The SMILES string of the molecule is COc1cccc2ncccc12.[AlH3]. The molecule has 66 valence electrons. The summed E-state index contributed by atoms with van der Waals surface area (Å²) in [6, 6.07) is 9.75. The fourth-order valence-electron chi connectivity index (χ4n) is 1.25. The second-order valence-corrected chi connectivity index (χ2v) is 2.53. The molecule has 3 heteroatoms. The van der Waals surface area contributed by atoms with Gasteiger partial charge < -0.3 is 4.74 Å². The molecule has 0 aliphatic heterocycles. The number of aromatic nitrogens is 1. The fraction of sp³-hybridized carbons (Fsp3) is 0.100. The van der Waals surface area contributed by atoms with Crippen molar-refractivity contribution in [2.75, 3.05) is 7.11 Å². The zero-order chi connectivity index (χ0) is 8.39. The Balaban J connectivity index is 0.000000845. The highest BCUT2D eigenvalue weighted by atomic mass is 27.0. The first kappa shape index (κ1) is 10.0.